The van der Waals surface area contributed by atoms with E-state index in [9.17, 15) is 17.2 Å². The normalized spacial score (nSPS) is 12.3. The molecule has 0 radical (unpaired) electrons. The van der Waals surface area contributed by atoms with Gasteiger partial charge in [-0.25, -0.2) is 17.2 Å². The highest BCUT2D eigenvalue weighted by molar-refractivity contribution is 7.89. The van der Waals surface area contributed by atoms with Gasteiger partial charge in [-0.15, -0.1) is 0 Å². The van der Waals surface area contributed by atoms with Crippen LogP contribution < -0.4 is 5.73 Å². The molecule has 1 rings (SSSR count). The molecule has 8 heteroatoms. The lowest BCUT2D eigenvalue weighted by Crippen LogP contribution is -2.37. The third kappa shape index (κ3) is 3.85. The molecule has 0 aliphatic heterocycles. The lowest BCUT2D eigenvalue weighted by molar-refractivity contribution is 0.113. The van der Waals surface area contributed by atoms with E-state index >= 15 is 0 Å². The highest BCUT2D eigenvalue weighted by atomic mass is 32.2. The Kier molecular flexibility index (Phi) is 5.21. The lowest BCUT2D eigenvalue weighted by atomic mass is 10.2. The van der Waals surface area contributed by atoms with Gasteiger partial charge in [0.25, 0.3) is 6.43 Å². The van der Waals surface area contributed by atoms with Crippen LogP contribution in [0.2, 0.25) is 0 Å². The van der Waals surface area contributed by atoms with Gasteiger partial charge in [0.1, 0.15) is 0 Å². The number of aliphatic hydroxyl groups excluding tert-OH is 1. The molecule has 0 bridgehead atoms. The smallest absolute Gasteiger partial charge is 0.252 e. The summed E-state index contributed by atoms with van der Waals surface area (Å²) in [5.41, 5.74) is 6.57. The van der Waals surface area contributed by atoms with E-state index < -0.39 is 29.6 Å². The molecule has 0 aromatic heterocycles. The summed E-state index contributed by atoms with van der Waals surface area (Å²) in [6, 6.07) is 4.03. The number of benzene rings is 1. The van der Waals surface area contributed by atoms with Crippen LogP contribution in [0, 0.1) is 6.92 Å². The van der Waals surface area contributed by atoms with Gasteiger partial charge in [-0.05, 0) is 24.6 Å². The average Bonchev–Trinajstić information content (AvgIpc) is 2.31. The van der Waals surface area contributed by atoms with Gasteiger partial charge in [0.15, 0.2) is 0 Å². The van der Waals surface area contributed by atoms with E-state index in [4.69, 9.17) is 10.8 Å². The largest absolute Gasteiger partial charge is 0.398 e. The fourth-order valence-corrected chi connectivity index (χ4v) is 2.95. The SMILES string of the molecule is Cc1ccc(S(=O)(=O)N(CCO)CC(F)F)cc1N. The van der Waals surface area contributed by atoms with Crippen LogP contribution in [-0.2, 0) is 10.0 Å². The summed E-state index contributed by atoms with van der Waals surface area (Å²) in [5.74, 6) is 0. The number of aryl methyl sites for hydroxylation is 1. The van der Waals surface area contributed by atoms with Crippen LogP contribution in [0.1, 0.15) is 5.56 Å². The number of hydrogen-bond donors (Lipinski definition) is 2. The molecule has 3 N–H and O–H groups in total. The summed E-state index contributed by atoms with van der Waals surface area (Å²) >= 11 is 0. The number of halogens is 2. The van der Waals surface area contributed by atoms with Crippen LogP contribution in [0.4, 0.5) is 14.5 Å². The molecule has 1 aromatic carbocycles. The second-order valence-electron chi connectivity index (χ2n) is 4.00. The van der Waals surface area contributed by atoms with E-state index in [0.717, 1.165) is 0 Å². The van der Waals surface area contributed by atoms with Gasteiger partial charge in [0.05, 0.1) is 18.0 Å². The molecule has 1 aromatic rings. The average molecular weight is 294 g/mol. The standard InChI is InChI=1S/C11H16F2N2O3S/c1-8-2-3-9(6-10(8)14)19(17,18)15(4-5-16)7-11(12)13/h2-3,6,11,16H,4-5,7,14H2,1H3. The summed E-state index contributed by atoms with van der Waals surface area (Å²) in [6.07, 6.45) is -2.82. The Hall–Kier alpha value is -1.25. The van der Waals surface area contributed by atoms with E-state index in [0.29, 0.717) is 9.87 Å². The second-order valence-corrected chi connectivity index (χ2v) is 5.93. The van der Waals surface area contributed by atoms with Gasteiger partial charge in [0, 0.05) is 12.2 Å². The Morgan fingerprint density at radius 1 is 1.42 bits per heavy atom. The number of nitrogens with zero attached hydrogens (tertiary/aromatic N) is 1. The fraction of sp³-hybridized carbons (Fsp3) is 0.455. The summed E-state index contributed by atoms with van der Waals surface area (Å²) in [4.78, 5) is -0.162. The van der Waals surface area contributed by atoms with Crippen LogP contribution >= 0.6 is 0 Å². The first-order valence-corrected chi connectivity index (χ1v) is 6.98. The van der Waals surface area contributed by atoms with E-state index in [1.807, 2.05) is 0 Å². The number of hydrogen-bond acceptors (Lipinski definition) is 4. The molecular weight excluding hydrogens is 278 g/mol. The predicted octanol–water partition coefficient (Wildman–Crippen LogP) is 0.825. The van der Waals surface area contributed by atoms with Crippen molar-refractivity contribution in [1.82, 2.24) is 4.31 Å². The summed E-state index contributed by atoms with van der Waals surface area (Å²) in [6.45, 7) is -0.180. The van der Waals surface area contributed by atoms with Gasteiger partial charge in [-0.2, -0.15) is 4.31 Å². The van der Waals surface area contributed by atoms with Crippen LogP contribution in [0.25, 0.3) is 0 Å². The highest BCUT2D eigenvalue weighted by Gasteiger charge is 2.27. The molecular formula is C11H16F2N2O3S. The molecule has 0 aliphatic rings. The molecule has 0 saturated heterocycles. The predicted molar refractivity (Wildman–Crippen MR) is 67.4 cm³/mol. The highest BCUT2D eigenvalue weighted by Crippen LogP contribution is 2.21. The number of aliphatic hydroxyl groups is 1. The van der Waals surface area contributed by atoms with E-state index in [1.165, 1.54) is 18.2 Å². The quantitative estimate of drug-likeness (QED) is 0.761. The Morgan fingerprint density at radius 3 is 2.53 bits per heavy atom. The minimum absolute atomic E-state index is 0.162. The first-order valence-electron chi connectivity index (χ1n) is 5.54. The monoisotopic (exact) mass is 294 g/mol. The number of alkyl halides is 2. The van der Waals surface area contributed by atoms with E-state index in [-0.39, 0.29) is 17.1 Å². The van der Waals surface area contributed by atoms with Crippen molar-refractivity contribution in [3.63, 3.8) is 0 Å². The number of nitrogen functional groups attached to an aromatic ring is 1. The zero-order chi connectivity index (χ0) is 14.6. The van der Waals surface area contributed by atoms with Gasteiger partial charge >= 0.3 is 0 Å². The third-order valence-electron chi connectivity index (χ3n) is 2.58. The van der Waals surface area contributed by atoms with E-state index in [2.05, 4.69) is 0 Å². The Balaban J connectivity index is 3.14. The maximum Gasteiger partial charge on any atom is 0.252 e. The molecule has 0 fully saturated rings. The Labute approximate surface area is 110 Å². The summed E-state index contributed by atoms with van der Waals surface area (Å²) in [5, 5.41) is 8.78. The molecule has 0 spiro atoms. The minimum Gasteiger partial charge on any atom is -0.398 e. The molecule has 0 atom stereocenters. The van der Waals surface area contributed by atoms with Gasteiger partial charge < -0.3 is 10.8 Å². The van der Waals surface area contributed by atoms with Crippen molar-refractivity contribution in [2.45, 2.75) is 18.2 Å². The first-order chi connectivity index (χ1) is 8.78. The van der Waals surface area contributed by atoms with Crippen molar-refractivity contribution in [1.29, 1.82) is 0 Å². The molecule has 0 aliphatic carbocycles. The first kappa shape index (κ1) is 15.8. The molecule has 0 unspecified atom stereocenters. The zero-order valence-electron chi connectivity index (χ0n) is 10.4. The van der Waals surface area contributed by atoms with Crippen LogP contribution in [0.15, 0.2) is 23.1 Å². The van der Waals surface area contributed by atoms with Crippen LogP contribution in [-0.4, -0.2) is 44.0 Å². The number of nitrogens with two attached hydrogens (primary N) is 1. The topological polar surface area (TPSA) is 83.6 Å². The van der Waals surface area contributed by atoms with Gasteiger partial charge in [-0.1, -0.05) is 6.07 Å². The Morgan fingerprint density at radius 2 is 2.05 bits per heavy atom. The van der Waals surface area contributed by atoms with Crippen LogP contribution in [0.5, 0.6) is 0 Å². The van der Waals surface area contributed by atoms with Crippen molar-refractivity contribution in [2.24, 2.45) is 0 Å². The van der Waals surface area contributed by atoms with Gasteiger partial charge in [0.2, 0.25) is 10.0 Å². The van der Waals surface area contributed by atoms with Crippen molar-refractivity contribution < 1.29 is 22.3 Å². The number of anilines is 1. The maximum absolute atomic E-state index is 12.4. The summed E-state index contributed by atoms with van der Waals surface area (Å²) < 4.78 is 49.6. The van der Waals surface area contributed by atoms with E-state index in [1.54, 1.807) is 6.92 Å². The maximum atomic E-state index is 12.4. The second kappa shape index (κ2) is 6.27. The molecule has 108 valence electrons. The molecule has 0 heterocycles. The van der Waals surface area contributed by atoms with Crippen LogP contribution in [0.3, 0.4) is 0 Å². The zero-order valence-corrected chi connectivity index (χ0v) is 11.2. The minimum atomic E-state index is -4.08. The van der Waals surface area contributed by atoms with Crippen molar-refractivity contribution in [3.05, 3.63) is 23.8 Å². The van der Waals surface area contributed by atoms with Crippen molar-refractivity contribution >= 4 is 15.7 Å². The molecule has 0 saturated carbocycles. The molecule has 19 heavy (non-hydrogen) atoms. The third-order valence-corrected chi connectivity index (χ3v) is 4.44. The van der Waals surface area contributed by atoms with Crippen molar-refractivity contribution in [2.75, 3.05) is 25.4 Å². The fourth-order valence-electron chi connectivity index (χ4n) is 1.50. The number of rotatable bonds is 6. The Bertz CT molecular complexity index is 535. The van der Waals surface area contributed by atoms with Crippen molar-refractivity contribution in [3.8, 4) is 0 Å². The lowest BCUT2D eigenvalue weighted by Gasteiger charge is -2.21. The molecule has 0 amide bonds. The summed E-state index contributed by atoms with van der Waals surface area (Å²) in [7, 11) is -4.08. The van der Waals surface area contributed by atoms with Gasteiger partial charge in [-0.3, -0.25) is 0 Å². The number of sulfonamides is 1. The molecule has 5 nitrogen and oxygen atoms in total.